The number of rotatable bonds is 2. The van der Waals surface area contributed by atoms with Crippen LogP contribution in [0.15, 0.2) is 121 Å². The normalized spacial score (nSPS) is 31.7. The fourth-order valence-corrected chi connectivity index (χ4v) is 15.4. The third kappa shape index (κ3) is 3.94. The van der Waals surface area contributed by atoms with E-state index in [9.17, 15) is 0 Å². The van der Waals surface area contributed by atoms with E-state index in [4.69, 9.17) is 0 Å². The molecule has 4 fully saturated rings. The maximum absolute atomic E-state index is 2.86. The van der Waals surface area contributed by atoms with E-state index in [-0.39, 0.29) is 5.41 Å². The van der Waals surface area contributed by atoms with Gasteiger partial charge in [0.1, 0.15) is 0 Å². The second-order valence-corrected chi connectivity index (χ2v) is 19.6. The van der Waals surface area contributed by atoms with Crippen molar-refractivity contribution in [1.29, 1.82) is 0 Å². The Balaban J connectivity index is 1.06. The van der Waals surface area contributed by atoms with Crippen LogP contribution in [-0.2, 0) is 5.41 Å². The molecule has 0 amide bonds. The highest BCUT2D eigenvalue weighted by Crippen LogP contribution is 2.69. The first-order valence-corrected chi connectivity index (χ1v) is 21.9. The van der Waals surface area contributed by atoms with Crippen molar-refractivity contribution < 1.29 is 0 Å². The van der Waals surface area contributed by atoms with Crippen molar-refractivity contribution in [3.8, 4) is 44.5 Å². The molecule has 16 rings (SSSR count). The minimum atomic E-state index is -0.298. The molecule has 4 saturated carbocycles. The summed E-state index contributed by atoms with van der Waals surface area (Å²) in [6, 6.07) is 48.3. The van der Waals surface area contributed by atoms with Crippen LogP contribution in [0.3, 0.4) is 0 Å². The molecule has 0 heteroatoms. The minimum absolute atomic E-state index is 0.298. The van der Waals surface area contributed by atoms with Crippen LogP contribution in [0.5, 0.6) is 0 Å². The van der Waals surface area contributed by atoms with Crippen LogP contribution in [0.1, 0.15) is 132 Å². The van der Waals surface area contributed by atoms with Gasteiger partial charge in [0, 0.05) is 0 Å². The molecule has 0 radical (unpaired) electrons. The molecule has 5 unspecified atom stereocenters. The second kappa shape index (κ2) is 10.8. The van der Waals surface area contributed by atoms with Crippen molar-refractivity contribution >= 4 is 0 Å². The summed E-state index contributed by atoms with van der Waals surface area (Å²) >= 11 is 0. The highest BCUT2D eigenvalue weighted by molar-refractivity contribution is 6.01. The number of benzene rings is 6. The largest absolute Gasteiger partial charge is 0.0725 e. The van der Waals surface area contributed by atoms with Gasteiger partial charge in [-0.25, -0.2) is 0 Å². The molecular formula is C55H48. The lowest BCUT2D eigenvalue weighted by atomic mass is 9.66. The lowest BCUT2D eigenvalue weighted by Crippen LogP contribution is -2.27. The topological polar surface area (TPSA) is 0 Å². The molecule has 10 aliphatic rings. The molecule has 0 aliphatic heterocycles. The van der Waals surface area contributed by atoms with E-state index >= 15 is 0 Å². The van der Waals surface area contributed by atoms with Gasteiger partial charge in [0.2, 0.25) is 0 Å². The van der Waals surface area contributed by atoms with Gasteiger partial charge in [-0.1, -0.05) is 121 Å². The van der Waals surface area contributed by atoms with Gasteiger partial charge in [-0.2, -0.15) is 0 Å². The van der Waals surface area contributed by atoms with Gasteiger partial charge in [-0.3, -0.25) is 0 Å². The van der Waals surface area contributed by atoms with Crippen molar-refractivity contribution in [2.24, 2.45) is 23.7 Å². The van der Waals surface area contributed by atoms with Crippen LogP contribution in [0.2, 0.25) is 0 Å². The maximum Gasteiger partial charge on any atom is 0.0725 e. The first kappa shape index (κ1) is 30.5. The Kier molecular flexibility index (Phi) is 5.99. The van der Waals surface area contributed by atoms with Crippen molar-refractivity contribution in [1.82, 2.24) is 0 Å². The fraction of sp³-hybridized carbons (Fsp3) is 0.345. The molecular weight excluding hydrogens is 661 g/mol. The van der Waals surface area contributed by atoms with E-state index in [0.717, 1.165) is 41.4 Å². The molecule has 268 valence electrons. The number of hydrogen-bond acceptors (Lipinski definition) is 0. The predicted octanol–water partition coefficient (Wildman–Crippen LogP) is 14.1. The van der Waals surface area contributed by atoms with Gasteiger partial charge in [-0.05, 0) is 201 Å². The molecule has 1 spiro atoms. The zero-order valence-electron chi connectivity index (χ0n) is 31.7. The van der Waals surface area contributed by atoms with Crippen LogP contribution in [0.25, 0.3) is 44.5 Å². The molecule has 0 N–H and O–H groups in total. The zero-order valence-corrected chi connectivity index (χ0v) is 31.7. The Labute approximate surface area is 326 Å². The molecule has 6 aromatic rings. The molecule has 0 saturated heterocycles. The zero-order chi connectivity index (χ0) is 35.6. The van der Waals surface area contributed by atoms with Crippen LogP contribution in [-0.4, -0.2) is 0 Å². The van der Waals surface area contributed by atoms with Crippen molar-refractivity contribution in [2.45, 2.75) is 93.3 Å². The highest BCUT2D eigenvalue weighted by atomic mass is 14.6. The summed E-state index contributed by atoms with van der Waals surface area (Å²) in [5.41, 5.74) is 24.4. The molecule has 55 heavy (non-hydrogen) atoms. The molecule has 0 aromatic heterocycles. The first-order valence-electron chi connectivity index (χ1n) is 21.9. The predicted molar refractivity (Wildman–Crippen MR) is 225 cm³/mol. The van der Waals surface area contributed by atoms with Crippen LogP contribution >= 0.6 is 0 Å². The molecule has 8 bridgehead atoms. The van der Waals surface area contributed by atoms with Crippen LogP contribution < -0.4 is 0 Å². The third-order valence-electron chi connectivity index (χ3n) is 17.0. The van der Waals surface area contributed by atoms with E-state index in [1.54, 1.807) is 44.5 Å². The Bertz CT molecular complexity index is 2580. The summed E-state index contributed by atoms with van der Waals surface area (Å²) in [6.07, 6.45) is 14.3. The SMILES string of the molecule is c1ccc(-c2ccc(-c3cccc4c3-c3ccccc3C43c4cc5c(cc4-c4c3ccc3c4C4CC6CC(CC3C6)C4)C3CC4CC(C3)CC5C4)cc2)cc1. The summed E-state index contributed by atoms with van der Waals surface area (Å²) < 4.78 is 0. The summed E-state index contributed by atoms with van der Waals surface area (Å²) in [5, 5.41) is 0. The lowest BCUT2D eigenvalue weighted by Gasteiger charge is -2.38. The lowest BCUT2D eigenvalue weighted by molar-refractivity contribution is 0.166. The summed E-state index contributed by atoms with van der Waals surface area (Å²) in [5.74, 6) is 6.63. The number of fused-ring (bicyclic) bond motifs is 10. The maximum atomic E-state index is 2.86. The second-order valence-electron chi connectivity index (χ2n) is 19.6. The van der Waals surface area contributed by atoms with Gasteiger partial charge in [0.05, 0.1) is 5.41 Å². The van der Waals surface area contributed by atoms with Gasteiger partial charge in [0.15, 0.2) is 0 Å². The molecule has 6 aromatic carbocycles. The monoisotopic (exact) mass is 708 g/mol. The van der Waals surface area contributed by atoms with E-state index in [0.29, 0.717) is 5.92 Å². The van der Waals surface area contributed by atoms with Gasteiger partial charge < -0.3 is 0 Å². The van der Waals surface area contributed by atoms with Gasteiger partial charge in [-0.15, -0.1) is 0 Å². The minimum Gasteiger partial charge on any atom is -0.0622 e. The fourth-order valence-electron chi connectivity index (χ4n) is 15.4. The Morgan fingerprint density at radius 3 is 1.60 bits per heavy atom. The van der Waals surface area contributed by atoms with E-state index in [2.05, 4.69) is 121 Å². The van der Waals surface area contributed by atoms with Crippen molar-refractivity contribution in [3.63, 3.8) is 0 Å². The van der Waals surface area contributed by atoms with E-state index in [1.807, 2.05) is 0 Å². The molecule has 10 aliphatic carbocycles. The molecule has 0 heterocycles. The highest BCUT2D eigenvalue weighted by Gasteiger charge is 2.56. The van der Waals surface area contributed by atoms with E-state index < -0.39 is 0 Å². The summed E-state index contributed by atoms with van der Waals surface area (Å²) in [7, 11) is 0. The van der Waals surface area contributed by atoms with Crippen LogP contribution in [0, 0.1) is 23.7 Å². The van der Waals surface area contributed by atoms with Gasteiger partial charge in [0.25, 0.3) is 0 Å². The van der Waals surface area contributed by atoms with Gasteiger partial charge >= 0.3 is 0 Å². The standard InChI is InChI=1S/C55H48/c1-2-7-35(8-3-1)36-13-15-37(16-14-36)42-10-6-12-49-53(42)44-9-4-5-11-48(44)55(49)50-18-17-43-38-21-33-20-34(22-38)28-41(27-33)52(43)54(50)47-29-45-39-23-31-19-32(24-39)26-40(25-31)46(45)30-51(47)55/h1-18,29-34,38-41H,19-28H2. The van der Waals surface area contributed by atoms with E-state index in [1.165, 1.54) is 109 Å². The average Bonchev–Trinajstić information content (AvgIpc) is 3.53. The number of hydrogen-bond donors (Lipinski definition) is 0. The van der Waals surface area contributed by atoms with Crippen LogP contribution in [0.4, 0.5) is 0 Å². The quantitative estimate of drug-likeness (QED) is 0.168. The van der Waals surface area contributed by atoms with Crippen molar-refractivity contribution in [2.75, 3.05) is 0 Å². The molecule has 0 nitrogen and oxygen atoms in total. The molecule has 5 atom stereocenters. The average molecular weight is 709 g/mol. The smallest absolute Gasteiger partial charge is 0.0622 e. The Morgan fingerprint density at radius 1 is 0.327 bits per heavy atom. The Hall–Kier alpha value is -4.68. The first-order chi connectivity index (χ1) is 27.2. The summed E-state index contributed by atoms with van der Waals surface area (Å²) in [6.45, 7) is 0. The Morgan fingerprint density at radius 2 is 0.873 bits per heavy atom. The van der Waals surface area contributed by atoms with Crippen molar-refractivity contribution in [3.05, 3.63) is 166 Å². The third-order valence-corrected chi connectivity index (χ3v) is 17.0. The summed E-state index contributed by atoms with van der Waals surface area (Å²) in [4.78, 5) is 0.